The number of nitrogens with zero attached hydrogens (tertiary/aromatic N) is 2. The Morgan fingerprint density at radius 1 is 1.10 bits per heavy atom. The van der Waals surface area contributed by atoms with Gasteiger partial charge in [0.2, 0.25) is 0 Å². The van der Waals surface area contributed by atoms with Crippen molar-refractivity contribution in [3.63, 3.8) is 0 Å². The number of amides is 1. The largest absolute Gasteiger partial charge is 0.493 e. The molecule has 0 N–H and O–H groups in total. The van der Waals surface area contributed by atoms with Crippen LogP contribution in [0.1, 0.15) is 16.7 Å². The highest BCUT2D eigenvalue weighted by atomic mass is 32.2. The van der Waals surface area contributed by atoms with E-state index in [1.165, 1.54) is 27.9 Å². The molecular weight excluding hydrogens is 408 g/mol. The number of hydrazone groups is 1. The highest BCUT2D eigenvalue weighted by molar-refractivity contribution is 8.23. The van der Waals surface area contributed by atoms with Crippen molar-refractivity contribution >= 4 is 40.4 Å². The van der Waals surface area contributed by atoms with Crippen molar-refractivity contribution in [2.24, 2.45) is 5.10 Å². The molecule has 1 fully saturated rings. The van der Waals surface area contributed by atoms with Crippen LogP contribution < -0.4 is 14.2 Å². The molecule has 1 aliphatic rings. The van der Waals surface area contributed by atoms with Crippen LogP contribution in [0.4, 0.5) is 0 Å². The summed E-state index contributed by atoms with van der Waals surface area (Å²) in [6.07, 6.45) is 1.57. The molecule has 0 atom stereocenters. The number of rotatable bonds is 8. The summed E-state index contributed by atoms with van der Waals surface area (Å²) in [5, 5.41) is 5.40. The monoisotopic (exact) mass is 430 g/mol. The lowest BCUT2D eigenvalue weighted by Crippen LogP contribution is -2.22. The molecule has 2 aromatic carbocycles. The molecule has 29 heavy (non-hydrogen) atoms. The minimum atomic E-state index is -0.119. The van der Waals surface area contributed by atoms with Gasteiger partial charge in [0.25, 0.3) is 5.91 Å². The molecular formula is C21H22N2O4S2. The maximum absolute atomic E-state index is 11.7. The van der Waals surface area contributed by atoms with Crippen molar-refractivity contribution in [3.8, 4) is 17.2 Å². The summed E-state index contributed by atoms with van der Waals surface area (Å²) in [6.45, 7) is 4.92. The number of carbonyl (C=O) groups excluding carboxylic acids is 1. The van der Waals surface area contributed by atoms with Crippen LogP contribution in [0, 0.1) is 13.8 Å². The minimum Gasteiger partial charge on any atom is -0.493 e. The van der Waals surface area contributed by atoms with E-state index in [4.69, 9.17) is 26.4 Å². The number of hydrogen-bond donors (Lipinski definition) is 0. The van der Waals surface area contributed by atoms with Gasteiger partial charge >= 0.3 is 0 Å². The fourth-order valence-electron chi connectivity index (χ4n) is 2.58. The molecule has 152 valence electrons. The van der Waals surface area contributed by atoms with E-state index in [0.717, 1.165) is 11.3 Å². The van der Waals surface area contributed by atoms with Crippen LogP contribution in [-0.2, 0) is 4.79 Å². The van der Waals surface area contributed by atoms with Crippen molar-refractivity contribution in [2.75, 3.05) is 26.1 Å². The number of benzene rings is 2. The second-order valence-electron chi connectivity index (χ2n) is 6.36. The molecule has 0 spiro atoms. The van der Waals surface area contributed by atoms with E-state index in [9.17, 15) is 4.79 Å². The first-order chi connectivity index (χ1) is 14.0. The van der Waals surface area contributed by atoms with Crippen LogP contribution in [0.2, 0.25) is 0 Å². The molecule has 6 nitrogen and oxygen atoms in total. The van der Waals surface area contributed by atoms with Gasteiger partial charge < -0.3 is 14.2 Å². The average molecular weight is 431 g/mol. The molecule has 0 unspecified atom stereocenters. The van der Waals surface area contributed by atoms with Gasteiger partial charge in [-0.15, -0.1) is 0 Å². The molecule has 0 bridgehead atoms. The summed E-state index contributed by atoms with van der Waals surface area (Å²) >= 11 is 6.42. The third kappa shape index (κ3) is 5.48. The number of methoxy groups -OCH3 is 1. The molecule has 0 aromatic heterocycles. The second-order valence-corrected chi connectivity index (χ2v) is 7.97. The SMILES string of the molecule is COc1cc(/C=N/N2C(=O)CSC2=S)ccc1OCCOc1ccc(C)c(C)c1. The van der Waals surface area contributed by atoms with Crippen molar-refractivity contribution in [1.29, 1.82) is 0 Å². The quantitative estimate of drug-likeness (QED) is 0.359. The molecule has 0 saturated carbocycles. The molecule has 1 aliphatic heterocycles. The fraction of sp³-hybridized carbons (Fsp3) is 0.286. The molecule has 1 heterocycles. The first-order valence-electron chi connectivity index (χ1n) is 9.02. The van der Waals surface area contributed by atoms with Crippen molar-refractivity contribution in [2.45, 2.75) is 13.8 Å². The molecule has 3 rings (SSSR count). The van der Waals surface area contributed by atoms with Crippen LogP contribution in [0.3, 0.4) is 0 Å². The molecule has 0 aliphatic carbocycles. The number of aryl methyl sites for hydroxylation is 2. The molecule has 2 aromatic rings. The standard InChI is InChI=1S/C21H22N2O4S2/c1-14-4-6-17(10-15(14)2)26-8-9-27-18-7-5-16(11-19(18)25-3)12-22-23-20(24)13-29-21(23)28/h4-7,10-12H,8-9,13H2,1-3H3/b22-12+. The lowest BCUT2D eigenvalue weighted by atomic mass is 10.1. The number of ether oxygens (including phenoxy) is 3. The number of thioether (sulfide) groups is 1. The van der Waals surface area contributed by atoms with Gasteiger partial charge in [0.05, 0.1) is 19.1 Å². The lowest BCUT2D eigenvalue weighted by molar-refractivity contribution is -0.123. The summed E-state index contributed by atoms with van der Waals surface area (Å²) in [5.74, 6) is 2.22. The number of thiocarbonyl (C=S) groups is 1. The maximum atomic E-state index is 11.7. The van der Waals surface area contributed by atoms with Crippen LogP contribution in [0.15, 0.2) is 41.5 Å². The van der Waals surface area contributed by atoms with Crippen LogP contribution in [0.5, 0.6) is 17.2 Å². The summed E-state index contributed by atoms with van der Waals surface area (Å²) in [5.41, 5.74) is 3.20. The van der Waals surface area contributed by atoms with Gasteiger partial charge in [-0.05, 0) is 60.9 Å². The zero-order valence-electron chi connectivity index (χ0n) is 16.5. The number of hydrogen-bond acceptors (Lipinski definition) is 7. The summed E-state index contributed by atoms with van der Waals surface area (Å²) in [6, 6.07) is 11.4. The Kier molecular flexibility index (Phi) is 7.11. The summed E-state index contributed by atoms with van der Waals surface area (Å²) < 4.78 is 17.4. The van der Waals surface area contributed by atoms with Gasteiger partial charge in [0, 0.05) is 0 Å². The van der Waals surface area contributed by atoms with Gasteiger partial charge in [0.15, 0.2) is 15.8 Å². The van der Waals surface area contributed by atoms with Gasteiger partial charge in [-0.2, -0.15) is 10.1 Å². The Morgan fingerprint density at radius 3 is 2.59 bits per heavy atom. The zero-order valence-corrected chi connectivity index (χ0v) is 18.1. The predicted molar refractivity (Wildman–Crippen MR) is 119 cm³/mol. The normalized spacial score (nSPS) is 14.0. The molecule has 1 saturated heterocycles. The average Bonchev–Trinajstić information content (AvgIpc) is 3.04. The highest BCUT2D eigenvalue weighted by Crippen LogP contribution is 2.28. The smallest absolute Gasteiger partial charge is 0.259 e. The Morgan fingerprint density at radius 2 is 1.90 bits per heavy atom. The Bertz CT molecular complexity index is 930. The van der Waals surface area contributed by atoms with Crippen LogP contribution in [-0.4, -0.2) is 47.5 Å². The van der Waals surface area contributed by atoms with Gasteiger partial charge in [-0.3, -0.25) is 4.79 Å². The zero-order chi connectivity index (χ0) is 20.8. The van der Waals surface area contributed by atoms with Crippen molar-refractivity contribution < 1.29 is 19.0 Å². The number of carbonyl (C=O) groups is 1. The van der Waals surface area contributed by atoms with Gasteiger partial charge in [-0.1, -0.05) is 30.0 Å². The van der Waals surface area contributed by atoms with Crippen molar-refractivity contribution in [3.05, 3.63) is 53.1 Å². The summed E-state index contributed by atoms with van der Waals surface area (Å²) in [7, 11) is 1.57. The van der Waals surface area contributed by atoms with Crippen LogP contribution in [0.25, 0.3) is 0 Å². The van der Waals surface area contributed by atoms with E-state index in [1.807, 2.05) is 24.3 Å². The second kappa shape index (κ2) is 9.76. The van der Waals surface area contributed by atoms with E-state index in [2.05, 4.69) is 18.9 Å². The van der Waals surface area contributed by atoms with Crippen LogP contribution >= 0.6 is 24.0 Å². The first-order valence-corrected chi connectivity index (χ1v) is 10.4. The lowest BCUT2D eigenvalue weighted by Gasteiger charge is -2.13. The predicted octanol–water partition coefficient (Wildman–Crippen LogP) is 3.96. The minimum absolute atomic E-state index is 0.119. The summed E-state index contributed by atoms with van der Waals surface area (Å²) in [4.78, 5) is 11.7. The molecule has 0 radical (unpaired) electrons. The topological polar surface area (TPSA) is 60.4 Å². The fourth-order valence-corrected chi connectivity index (χ4v) is 3.55. The maximum Gasteiger partial charge on any atom is 0.259 e. The Hall–Kier alpha value is -2.58. The first kappa shape index (κ1) is 21.1. The van der Waals surface area contributed by atoms with Crippen molar-refractivity contribution in [1.82, 2.24) is 5.01 Å². The van der Waals surface area contributed by atoms with Gasteiger partial charge in [0.1, 0.15) is 19.0 Å². The highest BCUT2D eigenvalue weighted by Gasteiger charge is 2.25. The Labute approximate surface area is 179 Å². The van der Waals surface area contributed by atoms with Gasteiger partial charge in [-0.25, -0.2) is 0 Å². The van der Waals surface area contributed by atoms with E-state index < -0.39 is 0 Å². The van der Waals surface area contributed by atoms with E-state index >= 15 is 0 Å². The Balaban J connectivity index is 1.56. The van der Waals surface area contributed by atoms with E-state index in [0.29, 0.717) is 34.8 Å². The third-order valence-electron chi connectivity index (χ3n) is 4.33. The van der Waals surface area contributed by atoms with E-state index in [-0.39, 0.29) is 5.91 Å². The third-order valence-corrected chi connectivity index (χ3v) is 5.66. The molecule has 1 amide bonds. The van der Waals surface area contributed by atoms with E-state index in [1.54, 1.807) is 25.5 Å². The molecule has 8 heteroatoms.